The standard InChI is InChI=1S/C28H56/c1-5-9-11-13-15-17-19-21-23-25-27(7-3)28(8-4)26-24-22-20-18-16-14-12-10-6-2/h5-26H2,1-4H3/b28-27-. The van der Waals surface area contributed by atoms with Gasteiger partial charge in [0.05, 0.1) is 0 Å². The fourth-order valence-electron chi connectivity index (χ4n) is 4.51. The van der Waals surface area contributed by atoms with Crippen LogP contribution in [0.3, 0.4) is 0 Å². The molecule has 0 atom stereocenters. The Kier molecular flexibility index (Phi) is 22.8. The molecule has 0 rings (SSSR count). The van der Waals surface area contributed by atoms with Gasteiger partial charge in [0.1, 0.15) is 0 Å². The molecular formula is C28H56. The zero-order valence-corrected chi connectivity index (χ0v) is 20.6. The lowest BCUT2D eigenvalue weighted by Gasteiger charge is -2.13. The molecule has 0 aliphatic rings. The van der Waals surface area contributed by atoms with Crippen LogP contribution in [0.2, 0.25) is 0 Å². The molecule has 0 nitrogen and oxygen atoms in total. The molecule has 0 bridgehead atoms. The van der Waals surface area contributed by atoms with Crippen molar-refractivity contribution in [2.24, 2.45) is 0 Å². The van der Waals surface area contributed by atoms with Gasteiger partial charge in [-0.3, -0.25) is 0 Å². The topological polar surface area (TPSA) is 0 Å². The molecule has 0 aromatic carbocycles. The van der Waals surface area contributed by atoms with Gasteiger partial charge in [-0.05, 0) is 38.5 Å². The number of unbranched alkanes of at least 4 members (excludes halogenated alkanes) is 16. The van der Waals surface area contributed by atoms with Crippen molar-refractivity contribution < 1.29 is 0 Å². The van der Waals surface area contributed by atoms with E-state index >= 15 is 0 Å². The highest BCUT2D eigenvalue weighted by molar-refractivity contribution is 5.13. The Morgan fingerprint density at radius 3 is 0.821 bits per heavy atom. The molecule has 0 fully saturated rings. The molecule has 0 heterocycles. The average molecular weight is 393 g/mol. The van der Waals surface area contributed by atoms with E-state index in [1.165, 1.54) is 141 Å². The van der Waals surface area contributed by atoms with E-state index in [0.717, 1.165) is 0 Å². The molecule has 168 valence electrons. The summed E-state index contributed by atoms with van der Waals surface area (Å²) in [6, 6.07) is 0. The maximum absolute atomic E-state index is 2.38. The van der Waals surface area contributed by atoms with E-state index in [0.29, 0.717) is 0 Å². The largest absolute Gasteiger partial charge is 0.0713 e. The smallest absolute Gasteiger partial charge is 0.0318 e. The van der Waals surface area contributed by atoms with Gasteiger partial charge < -0.3 is 0 Å². The Balaban J connectivity index is 3.78. The summed E-state index contributed by atoms with van der Waals surface area (Å²) >= 11 is 0. The van der Waals surface area contributed by atoms with Gasteiger partial charge in [-0.2, -0.15) is 0 Å². The van der Waals surface area contributed by atoms with Gasteiger partial charge in [0.15, 0.2) is 0 Å². The van der Waals surface area contributed by atoms with Crippen LogP contribution in [0.5, 0.6) is 0 Å². The lowest BCUT2D eigenvalue weighted by molar-refractivity contribution is 0.557. The molecule has 0 aromatic rings. The monoisotopic (exact) mass is 392 g/mol. The number of rotatable bonds is 22. The minimum Gasteiger partial charge on any atom is -0.0713 e. The second kappa shape index (κ2) is 23.0. The first kappa shape index (κ1) is 27.7. The predicted octanol–water partition coefficient (Wildman–Crippen LogP) is 10.9. The Hall–Kier alpha value is -0.260. The molecule has 0 saturated heterocycles. The van der Waals surface area contributed by atoms with Crippen molar-refractivity contribution in [2.75, 3.05) is 0 Å². The minimum absolute atomic E-state index is 1.29. The van der Waals surface area contributed by atoms with Gasteiger partial charge in [0, 0.05) is 0 Å². The lowest BCUT2D eigenvalue weighted by Crippen LogP contribution is -1.93. The normalized spacial score (nSPS) is 12.4. The van der Waals surface area contributed by atoms with Crippen LogP contribution in [0, 0.1) is 0 Å². The van der Waals surface area contributed by atoms with Crippen LogP contribution >= 0.6 is 0 Å². The predicted molar refractivity (Wildman–Crippen MR) is 131 cm³/mol. The molecule has 0 saturated carbocycles. The first-order chi connectivity index (χ1) is 13.8. The zero-order valence-electron chi connectivity index (χ0n) is 20.6. The highest BCUT2D eigenvalue weighted by Gasteiger charge is 2.04. The molecule has 0 heteroatoms. The van der Waals surface area contributed by atoms with Crippen molar-refractivity contribution in [1.82, 2.24) is 0 Å². The van der Waals surface area contributed by atoms with Crippen molar-refractivity contribution in [3.05, 3.63) is 11.1 Å². The molecule has 28 heavy (non-hydrogen) atoms. The Morgan fingerprint density at radius 2 is 0.571 bits per heavy atom. The van der Waals surface area contributed by atoms with Crippen molar-refractivity contribution in [1.29, 1.82) is 0 Å². The van der Waals surface area contributed by atoms with Gasteiger partial charge >= 0.3 is 0 Å². The van der Waals surface area contributed by atoms with Gasteiger partial charge in [-0.1, -0.05) is 142 Å². The molecule has 0 unspecified atom stereocenters. The molecule has 0 radical (unpaired) electrons. The Labute approximate surface area is 180 Å². The lowest BCUT2D eigenvalue weighted by atomic mass is 9.93. The quantitative estimate of drug-likeness (QED) is 0.127. The van der Waals surface area contributed by atoms with E-state index in [9.17, 15) is 0 Å². The summed E-state index contributed by atoms with van der Waals surface area (Å²) in [5, 5.41) is 0. The maximum atomic E-state index is 2.38. The van der Waals surface area contributed by atoms with Crippen molar-refractivity contribution in [3.8, 4) is 0 Å². The van der Waals surface area contributed by atoms with E-state index in [-0.39, 0.29) is 0 Å². The van der Waals surface area contributed by atoms with Crippen LogP contribution in [0.15, 0.2) is 11.1 Å². The van der Waals surface area contributed by atoms with Crippen LogP contribution in [0.25, 0.3) is 0 Å². The first-order valence-corrected chi connectivity index (χ1v) is 13.5. The van der Waals surface area contributed by atoms with E-state index in [2.05, 4.69) is 27.7 Å². The van der Waals surface area contributed by atoms with Crippen LogP contribution in [-0.2, 0) is 0 Å². The second-order valence-corrected chi connectivity index (χ2v) is 9.07. The summed E-state index contributed by atoms with van der Waals surface area (Å²) in [5.41, 5.74) is 3.62. The van der Waals surface area contributed by atoms with E-state index in [1.807, 2.05) is 11.1 Å². The van der Waals surface area contributed by atoms with Gasteiger partial charge in [0.25, 0.3) is 0 Å². The summed E-state index contributed by atoms with van der Waals surface area (Å²) in [7, 11) is 0. The molecule has 0 N–H and O–H groups in total. The van der Waals surface area contributed by atoms with Crippen molar-refractivity contribution >= 4 is 0 Å². The number of allylic oxidation sites excluding steroid dienone is 2. The van der Waals surface area contributed by atoms with Crippen molar-refractivity contribution in [2.45, 2.75) is 169 Å². The van der Waals surface area contributed by atoms with Crippen LogP contribution < -0.4 is 0 Å². The van der Waals surface area contributed by atoms with Crippen LogP contribution in [-0.4, -0.2) is 0 Å². The van der Waals surface area contributed by atoms with E-state index in [4.69, 9.17) is 0 Å². The van der Waals surface area contributed by atoms with Gasteiger partial charge in [-0.15, -0.1) is 0 Å². The van der Waals surface area contributed by atoms with E-state index < -0.39 is 0 Å². The molecular weight excluding hydrogens is 336 g/mol. The molecule has 0 aliphatic carbocycles. The highest BCUT2D eigenvalue weighted by atomic mass is 14.1. The molecule has 0 aromatic heterocycles. The van der Waals surface area contributed by atoms with Gasteiger partial charge in [0.2, 0.25) is 0 Å². The number of hydrogen-bond donors (Lipinski definition) is 0. The third kappa shape index (κ3) is 17.8. The summed E-state index contributed by atoms with van der Waals surface area (Å²) in [6.07, 6.45) is 31.3. The Morgan fingerprint density at radius 1 is 0.321 bits per heavy atom. The van der Waals surface area contributed by atoms with Crippen molar-refractivity contribution in [3.63, 3.8) is 0 Å². The average Bonchev–Trinajstić information content (AvgIpc) is 2.72. The van der Waals surface area contributed by atoms with E-state index in [1.54, 1.807) is 0 Å². The number of hydrogen-bond acceptors (Lipinski definition) is 0. The van der Waals surface area contributed by atoms with Crippen LogP contribution in [0.4, 0.5) is 0 Å². The third-order valence-electron chi connectivity index (χ3n) is 6.52. The molecule has 0 spiro atoms. The minimum atomic E-state index is 1.29. The maximum Gasteiger partial charge on any atom is -0.0318 e. The fraction of sp³-hybridized carbons (Fsp3) is 0.929. The SMILES string of the molecule is CCCCCCCCCCC/C(CC)=C(/CC)CCCCCCCCCCC. The first-order valence-electron chi connectivity index (χ1n) is 13.5. The van der Waals surface area contributed by atoms with Gasteiger partial charge in [-0.25, -0.2) is 0 Å². The molecule has 0 amide bonds. The summed E-state index contributed by atoms with van der Waals surface area (Å²) in [6.45, 7) is 9.38. The van der Waals surface area contributed by atoms with Crippen LogP contribution in [0.1, 0.15) is 169 Å². The summed E-state index contributed by atoms with van der Waals surface area (Å²) < 4.78 is 0. The Bertz CT molecular complexity index is 293. The fourth-order valence-corrected chi connectivity index (χ4v) is 4.51. The zero-order chi connectivity index (χ0) is 20.7. The summed E-state index contributed by atoms with van der Waals surface area (Å²) in [5.74, 6) is 0. The third-order valence-corrected chi connectivity index (χ3v) is 6.52. The highest BCUT2D eigenvalue weighted by Crippen LogP contribution is 2.24. The molecule has 0 aliphatic heterocycles. The second-order valence-electron chi connectivity index (χ2n) is 9.07. The summed E-state index contributed by atoms with van der Waals surface area (Å²) in [4.78, 5) is 0.